The van der Waals surface area contributed by atoms with Gasteiger partial charge >= 0.3 is 0 Å². The normalized spacial score (nSPS) is 7.00. The van der Waals surface area contributed by atoms with E-state index < -0.39 is 0 Å². The summed E-state index contributed by atoms with van der Waals surface area (Å²) in [4.78, 5) is 0. The average Bonchev–Trinajstić information content (AvgIpc) is 0.811. The van der Waals surface area contributed by atoms with Crippen LogP contribution in [0.5, 0.6) is 0 Å². The number of rotatable bonds is 0. The molecule has 0 aromatic rings. The van der Waals surface area contributed by atoms with Crippen molar-refractivity contribution in [1.29, 1.82) is 0 Å². The number of hydrogen-bond acceptors (Lipinski definition) is 0. The van der Waals surface area contributed by atoms with Crippen molar-refractivity contribution in [1.82, 2.24) is 0 Å². The Morgan fingerprint density at radius 3 is 1.40 bits per heavy atom. The van der Waals surface area contributed by atoms with Gasteiger partial charge in [-0.1, -0.05) is 8.41 Å². The van der Waals surface area contributed by atoms with Crippen LogP contribution in [-0.2, 0) is 0 Å². The van der Waals surface area contributed by atoms with E-state index in [4.69, 9.17) is 0 Å². The van der Waals surface area contributed by atoms with Crippen LogP contribution >= 0.6 is 0 Å². The first-order chi connectivity index (χ1) is 1.73. The highest BCUT2D eigenvalue weighted by Crippen LogP contribution is 1.80. The molecule has 0 aromatic heterocycles. The maximum Gasteiger partial charge on any atom is 0.0897 e. The Morgan fingerprint density at radius 1 is 1.40 bits per heavy atom. The maximum atomic E-state index is 3.64. The smallest absolute Gasteiger partial charge is 0.0626 e. The fraction of sp³-hybridized carbons (Fsp3) is 0.750. The lowest BCUT2D eigenvalue weighted by Gasteiger charge is -1.68. The zero-order valence-corrected chi connectivity index (χ0v) is 3.28. The molecule has 5 heavy (non-hydrogen) atoms. The minimum atomic E-state index is 0. The highest BCUT2D eigenvalue weighted by Gasteiger charge is 1.78. The second-order valence-corrected chi connectivity index (χ2v) is 1.39. The molecule has 0 nitrogen and oxygen atoms in total. The first-order valence-corrected chi connectivity index (χ1v) is 1.56. The van der Waals surface area contributed by atoms with Crippen molar-refractivity contribution in [3.05, 3.63) is 6.92 Å². The SMILES string of the molecule is [BH4-].[CH2+]C(C)C. The summed E-state index contributed by atoms with van der Waals surface area (Å²) in [6.07, 6.45) is 0. The van der Waals surface area contributed by atoms with Gasteiger partial charge in [-0.15, -0.1) is 0 Å². The molecule has 0 aliphatic heterocycles. The van der Waals surface area contributed by atoms with Crippen LogP contribution in [0, 0.1) is 12.8 Å². The number of hydrogen-bond donors (Lipinski definition) is 0. The summed E-state index contributed by atoms with van der Waals surface area (Å²) < 4.78 is 0. The molecule has 0 aliphatic carbocycles. The van der Waals surface area contributed by atoms with Gasteiger partial charge in [0.1, 0.15) is 0 Å². The molecule has 0 bridgehead atoms. The van der Waals surface area contributed by atoms with E-state index in [9.17, 15) is 0 Å². The van der Waals surface area contributed by atoms with E-state index in [0.29, 0.717) is 5.92 Å². The Balaban J connectivity index is 0. The zero-order chi connectivity index (χ0) is 3.58. The zero-order valence-electron chi connectivity index (χ0n) is 3.28. The molecule has 0 aliphatic rings. The molecule has 32 valence electrons. The van der Waals surface area contributed by atoms with E-state index >= 15 is 0 Å². The van der Waals surface area contributed by atoms with Gasteiger partial charge in [0.15, 0.2) is 0 Å². The summed E-state index contributed by atoms with van der Waals surface area (Å²) in [6, 6.07) is 0. The van der Waals surface area contributed by atoms with E-state index in [-0.39, 0.29) is 8.41 Å². The molecule has 0 fully saturated rings. The van der Waals surface area contributed by atoms with E-state index in [1.165, 1.54) is 0 Å². The van der Waals surface area contributed by atoms with E-state index in [1.807, 2.05) is 0 Å². The third-order valence-corrected chi connectivity index (χ3v) is 0. The third-order valence-electron chi connectivity index (χ3n) is 0. The quantitative estimate of drug-likeness (QED) is 0.279. The van der Waals surface area contributed by atoms with Gasteiger partial charge < -0.3 is 0 Å². The highest BCUT2D eigenvalue weighted by atomic mass is 13.7. The molecule has 0 atom stereocenters. The summed E-state index contributed by atoms with van der Waals surface area (Å²) in [5, 5.41) is 0. The molecule has 0 spiro atoms. The van der Waals surface area contributed by atoms with Crippen LogP contribution in [0.3, 0.4) is 0 Å². The first-order valence-electron chi connectivity index (χ1n) is 1.56. The van der Waals surface area contributed by atoms with E-state index in [0.717, 1.165) is 0 Å². The molecule has 0 heterocycles. The maximum absolute atomic E-state index is 3.64. The van der Waals surface area contributed by atoms with Crippen LogP contribution in [0.4, 0.5) is 0 Å². The summed E-state index contributed by atoms with van der Waals surface area (Å²) in [6.45, 7) is 7.75. The van der Waals surface area contributed by atoms with Crippen molar-refractivity contribution in [3.63, 3.8) is 0 Å². The Morgan fingerprint density at radius 2 is 1.40 bits per heavy atom. The van der Waals surface area contributed by atoms with Crippen LogP contribution in [0.25, 0.3) is 0 Å². The highest BCUT2D eigenvalue weighted by molar-refractivity contribution is 5.75. The largest absolute Gasteiger partial charge is 0.0897 e. The Hall–Kier alpha value is -0.0651. The van der Waals surface area contributed by atoms with Crippen LogP contribution in [0.15, 0.2) is 0 Å². The molecule has 0 N–H and O–H groups in total. The minimum Gasteiger partial charge on any atom is -0.0626 e. The molecule has 0 amide bonds. The molecule has 0 unspecified atom stereocenters. The van der Waals surface area contributed by atoms with Crippen molar-refractivity contribution in [2.24, 2.45) is 5.92 Å². The van der Waals surface area contributed by atoms with E-state index in [2.05, 4.69) is 20.8 Å². The fourth-order valence-corrected chi connectivity index (χ4v) is 0. The van der Waals surface area contributed by atoms with E-state index in [1.54, 1.807) is 0 Å². The van der Waals surface area contributed by atoms with Gasteiger partial charge in [-0.25, -0.2) is 0 Å². The van der Waals surface area contributed by atoms with Gasteiger partial charge in [-0.05, 0) is 13.8 Å². The predicted molar refractivity (Wildman–Crippen MR) is 31.5 cm³/mol. The average molecular weight is 72.0 g/mol. The summed E-state index contributed by atoms with van der Waals surface area (Å²) in [5.74, 6) is 0.583. The summed E-state index contributed by atoms with van der Waals surface area (Å²) >= 11 is 0. The van der Waals surface area contributed by atoms with Gasteiger partial charge in [0.05, 0.1) is 12.8 Å². The second kappa shape index (κ2) is 3.93. The fourth-order valence-electron chi connectivity index (χ4n) is 0. The van der Waals surface area contributed by atoms with Gasteiger partial charge in [-0.2, -0.15) is 0 Å². The Kier molecular flexibility index (Phi) is 6.98. The Bertz CT molecular complexity index is 8.36. The third kappa shape index (κ3) is 3480. The second-order valence-electron chi connectivity index (χ2n) is 1.39. The van der Waals surface area contributed by atoms with Crippen molar-refractivity contribution in [3.8, 4) is 0 Å². The van der Waals surface area contributed by atoms with Crippen molar-refractivity contribution in [2.75, 3.05) is 0 Å². The molecule has 0 radical (unpaired) electrons. The standard InChI is InChI=1S/C4H9.BH4/c1-4(2)3;/h4H,1H2,2-3H3;1H4/q+1;-1. The topological polar surface area (TPSA) is 0 Å². The molecular weight excluding hydrogens is 58.9 g/mol. The van der Waals surface area contributed by atoms with Crippen molar-refractivity contribution < 1.29 is 0 Å². The lowest BCUT2D eigenvalue weighted by Crippen LogP contribution is -1.67. The molecule has 0 saturated carbocycles. The van der Waals surface area contributed by atoms with Gasteiger partial charge in [0.25, 0.3) is 0 Å². The Labute approximate surface area is 36.2 Å². The molecular formula is C4H13B. The van der Waals surface area contributed by atoms with Crippen molar-refractivity contribution in [2.45, 2.75) is 13.8 Å². The van der Waals surface area contributed by atoms with Gasteiger partial charge in [0.2, 0.25) is 0 Å². The first kappa shape index (κ1) is 8.87. The van der Waals surface area contributed by atoms with Gasteiger partial charge in [-0.3, -0.25) is 0 Å². The summed E-state index contributed by atoms with van der Waals surface area (Å²) in [5.41, 5.74) is 0. The molecule has 0 saturated heterocycles. The molecule has 0 rings (SSSR count). The molecule has 1 heteroatoms. The molecule has 0 aromatic carbocycles. The van der Waals surface area contributed by atoms with Crippen molar-refractivity contribution >= 4 is 8.41 Å². The summed E-state index contributed by atoms with van der Waals surface area (Å²) in [7, 11) is 0. The van der Waals surface area contributed by atoms with Gasteiger partial charge in [0, 0.05) is 0 Å². The van der Waals surface area contributed by atoms with Crippen LogP contribution in [0.1, 0.15) is 13.8 Å². The van der Waals surface area contributed by atoms with Crippen LogP contribution < -0.4 is 0 Å². The minimum absolute atomic E-state index is 0. The van der Waals surface area contributed by atoms with Crippen LogP contribution in [0.2, 0.25) is 0 Å². The van der Waals surface area contributed by atoms with Crippen LogP contribution in [-0.4, -0.2) is 8.41 Å². The monoisotopic (exact) mass is 72.1 g/mol. The predicted octanol–water partition coefficient (Wildman–Crippen LogP) is 0.0249. The lowest BCUT2D eigenvalue weighted by atomic mass is 10.3. The lowest BCUT2D eigenvalue weighted by molar-refractivity contribution is 0.827.